The maximum Gasteiger partial charge on any atom is 0.339 e. The van der Waals surface area contributed by atoms with Crippen LogP contribution in [-0.2, 0) is 0 Å². The molecule has 0 aromatic heterocycles. The van der Waals surface area contributed by atoms with Crippen LogP contribution in [0.2, 0.25) is 5.02 Å². The molecular weight excluding hydrogens is 280 g/mol. The van der Waals surface area contributed by atoms with Gasteiger partial charge in [-0.25, -0.2) is 9.59 Å². The number of amides is 2. The summed E-state index contributed by atoms with van der Waals surface area (Å²) in [5.74, 6) is -0.695. The van der Waals surface area contributed by atoms with Gasteiger partial charge in [0, 0.05) is 5.54 Å². The average Bonchev–Trinajstić information content (AvgIpc) is 3.10. The lowest BCUT2D eigenvalue weighted by atomic mass is 9.99. The standard InChI is InChI=1S/C14H17ClN2O3/c1-14(2,8-6-7-8)17-13(20)16-10-5-3-4-9(15)11(10)12(18)19/h3-5,8H,6-7H2,1-2H3,(H,18,19)(H2,16,17,20). The predicted octanol–water partition coefficient (Wildman–Crippen LogP) is 3.35. The summed E-state index contributed by atoms with van der Waals surface area (Å²) in [5, 5.41) is 14.7. The molecule has 2 amide bonds. The zero-order valence-electron chi connectivity index (χ0n) is 11.4. The van der Waals surface area contributed by atoms with Crippen molar-refractivity contribution in [3.05, 3.63) is 28.8 Å². The molecule has 1 aliphatic carbocycles. The van der Waals surface area contributed by atoms with Gasteiger partial charge in [0.25, 0.3) is 0 Å². The minimum Gasteiger partial charge on any atom is -0.478 e. The second-order valence-corrected chi connectivity index (χ2v) is 5.95. The highest BCUT2D eigenvalue weighted by atomic mass is 35.5. The number of hydrogen-bond acceptors (Lipinski definition) is 2. The summed E-state index contributed by atoms with van der Waals surface area (Å²) in [6, 6.07) is 4.16. The Morgan fingerprint density at radius 3 is 2.55 bits per heavy atom. The molecule has 1 aromatic rings. The smallest absolute Gasteiger partial charge is 0.339 e. The first kappa shape index (κ1) is 14.7. The summed E-state index contributed by atoms with van der Waals surface area (Å²) in [4.78, 5) is 23.2. The summed E-state index contributed by atoms with van der Waals surface area (Å²) >= 11 is 5.85. The molecule has 0 saturated heterocycles. The highest BCUT2D eigenvalue weighted by molar-refractivity contribution is 6.34. The minimum atomic E-state index is -1.17. The number of nitrogens with one attached hydrogen (secondary N) is 2. The number of anilines is 1. The third kappa shape index (κ3) is 3.22. The molecule has 0 heterocycles. The quantitative estimate of drug-likeness (QED) is 0.797. The topological polar surface area (TPSA) is 78.4 Å². The van der Waals surface area contributed by atoms with Gasteiger partial charge in [0.1, 0.15) is 5.56 Å². The fourth-order valence-electron chi connectivity index (χ4n) is 2.20. The largest absolute Gasteiger partial charge is 0.478 e. The van der Waals surface area contributed by atoms with Crippen LogP contribution in [0.5, 0.6) is 0 Å². The minimum absolute atomic E-state index is 0.0942. The fourth-order valence-corrected chi connectivity index (χ4v) is 2.45. The number of benzene rings is 1. The molecule has 1 aliphatic rings. The summed E-state index contributed by atoms with van der Waals surface area (Å²) < 4.78 is 0. The molecule has 1 aromatic carbocycles. The molecule has 0 radical (unpaired) electrons. The van der Waals surface area contributed by atoms with E-state index < -0.39 is 12.0 Å². The molecule has 0 bridgehead atoms. The Morgan fingerprint density at radius 2 is 2.00 bits per heavy atom. The van der Waals surface area contributed by atoms with Crippen molar-refractivity contribution in [2.75, 3.05) is 5.32 Å². The summed E-state index contributed by atoms with van der Waals surface area (Å²) in [7, 11) is 0. The normalized spacial score (nSPS) is 14.8. The Morgan fingerprint density at radius 1 is 1.35 bits per heavy atom. The number of urea groups is 1. The van der Waals surface area contributed by atoms with E-state index >= 15 is 0 Å². The molecular formula is C14H17ClN2O3. The molecule has 0 atom stereocenters. The molecule has 3 N–H and O–H groups in total. The number of aromatic carboxylic acids is 1. The van der Waals surface area contributed by atoms with Crippen LogP contribution in [-0.4, -0.2) is 22.6 Å². The monoisotopic (exact) mass is 296 g/mol. The van der Waals surface area contributed by atoms with E-state index in [9.17, 15) is 9.59 Å². The van der Waals surface area contributed by atoms with Crippen LogP contribution in [0.3, 0.4) is 0 Å². The number of rotatable bonds is 4. The van der Waals surface area contributed by atoms with Gasteiger partial charge in [0.2, 0.25) is 0 Å². The van der Waals surface area contributed by atoms with Gasteiger partial charge < -0.3 is 15.7 Å². The number of hydrogen-bond donors (Lipinski definition) is 3. The molecule has 108 valence electrons. The summed E-state index contributed by atoms with van der Waals surface area (Å²) in [5.41, 5.74) is -0.214. The van der Waals surface area contributed by atoms with Crippen LogP contribution in [0, 0.1) is 5.92 Å². The average molecular weight is 297 g/mol. The van der Waals surface area contributed by atoms with Gasteiger partial charge in [-0.15, -0.1) is 0 Å². The third-order valence-corrected chi connectivity index (χ3v) is 3.82. The van der Waals surface area contributed by atoms with Gasteiger partial charge in [-0.05, 0) is 44.7 Å². The van der Waals surface area contributed by atoms with E-state index in [1.165, 1.54) is 12.1 Å². The van der Waals surface area contributed by atoms with E-state index in [4.69, 9.17) is 16.7 Å². The fraction of sp³-hybridized carbons (Fsp3) is 0.429. The van der Waals surface area contributed by atoms with Crippen molar-refractivity contribution in [2.45, 2.75) is 32.2 Å². The van der Waals surface area contributed by atoms with Crippen molar-refractivity contribution >= 4 is 29.3 Å². The first-order valence-corrected chi connectivity index (χ1v) is 6.80. The molecule has 6 heteroatoms. The molecule has 20 heavy (non-hydrogen) atoms. The lowest BCUT2D eigenvalue weighted by molar-refractivity contribution is 0.0698. The Labute approximate surface area is 122 Å². The zero-order valence-corrected chi connectivity index (χ0v) is 12.1. The summed E-state index contributed by atoms with van der Waals surface area (Å²) in [6.07, 6.45) is 2.20. The van der Waals surface area contributed by atoms with E-state index in [2.05, 4.69) is 10.6 Å². The number of carbonyl (C=O) groups excluding carboxylic acids is 1. The number of carboxylic acids is 1. The van der Waals surface area contributed by atoms with Gasteiger partial charge in [-0.2, -0.15) is 0 Å². The van der Waals surface area contributed by atoms with Crippen LogP contribution in [0.4, 0.5) is 10.5 Å². The first-order chi connectivity index (χ1) is 9.31. The highest BCUT2D eigenvalue weighted by Crippen LogP contribution is 2.39. The van der Waals surface area contributed by atoms with Gasteiger partial charge >= 0.3 is 12.0 Å². The maximum atomic E-state index is 12.0. The number of carboxylic acid groups (broad SMARTS) is 1. The molecule has 5 nitrogen and oxygen atoms in total. The maximum absolute atomic E-state index is 12.0. The zero-order chi connectivity index (χ0) is 14.9. The summed E-state index contributed by atoms with van der Waals surface area (Å²) in [6.45, 7) is 3.92. The molecule has 0 aliphatic heterocycles. The van der Waals surface area contributed by atoms with E-state index in [0.717, 1.165) is 12.8 Å². The lowest BCUT2D eigenvalue weighted by Crippen LogP contribution is -2.47. The molecule has 2 rings (SSSR count). The van der Waals surface area contributed by atoms with Crippen molar-refractivity contribution in [3.63, 3.8) is 0 Å². The van der Waals surface area contributed by atoms with Crippen LogP contribution >= 0.6 is 11.6 Å². The Balaban J connectivity index is 2.12. The van der Waals surface area contributed by atoms with E-state index in [0.29, 0.717) is 5.92 Å². The van der Waals surface area contributed by atoms with Crippen LogP contribution in [0.1, 0.15) is 37.0 Å². The van der Waals surface area contributed by atoms with Crippen LogP contribution in [0.15, 0.2) is 18.2 Å². The van der Waals surface area contributed by atoms with Gasteiger partial charge in [-0.1, -0.05) is 17.7 Å². The third-order valence-electron chi connectivity index (χ3n) is 3.51. The Kier molecular flexibility index (Phi) is 3.90. The van der Waals surface area contributed by atoms with Crippen molar-refractivity contribution in [1.82, 2.24) is 5.32 Å². The molecule has 0 unspecified atom stereocenters. The van der Waals surface area contributed by atoms with Gasteiger partial charge in [0.05, 0.1) is 10.7 Å². The number of carbonyl (C=O) groups is 2. The highest BCUT2D eigenvalue weighted by Gasteiger charge is 2.38. The molecule has 1 saturated carbocycles. The van der Waals surface area contributed by atoms with Crippen molar-refractivity contribution < 1.29 is 14.7 Å². The van der Waals surface area contributed by atoms with Gasteiger partial charge in [0.15, 0.2) is 0 Å². The molecule has 1 fully saturated rings. The van der Waals surface area contributed by atoms with E-state index in [-0.39, 0.29) is 21.8 Å². The first-order valence-electron chi connectivity index (χ1n) is 6.42. The van der Waals surface area contributed by atoms with E-state index in [1.807, 2.05) is 13.8 Å². The SMILES string of the molecule is CC(C)(NC(=O)Nc1cccc(Cl)c1C(=O)O)C1CC1. The Hall–Kier alpha value is -1.75. The van der Waals surface area contributed by atoms with Gasteiger partial charge in [-0.3, -0.25) is 0 Å². The van der Waals surface area contributed by atoms with Crippen molar-refractivity contribution in [3.8, 4) is 0 Å². The van der Waals surface area contributed by atoms with Crippen molar-refractivity contribution in [1.29, 1.82) is 0 Å². The second-order valence-electron chi connectivity index (χ2n) is 5.54. The van der Waals surface area contributed by atoms with E-state index in [1.54, 1.807) is 6.07 Å². The van der Waals surface area contributed by atoms with Crippen molar-refractivity contribution in [2.24, 2.45) is 5.92 Å². The lowest BCUT2D eigenvalue weighted by Gasteiger charge is -2.26. The van der Waals surface area contributed by atoms with Crippen LogP contribution < -0.4 is 10.6 Å². The Bertz CT molecular complexity index is 553. The molecule has 0 spiro atoms. The number of halogens is 1. The predicted molar refractivity (Wildman–Crippen MR) is 77.4 cm³/mol. The second kappa shape index (κ2) is 5.32. The van der Waals surface area contributed by atoms with Crippen LogP contribution in [0.25, 0.3) is 0 Å².